The lowest BCUT2D eigenvalue weighted by molar-refractivity contribution is -0.121. The molecule has 0 saturated heterocycles. The van der Waals surface area contributed by atoms with E-state index in [4.69, 9.17) is 0 Å². The molecular weight excluding hydrogens is 216 g/mol. The van der Waals surface area contributed by atoms with Crippen LogP contribution in [0.4, 0.5) is 0 Å². The van der Waals surface area contributed by atoms with Gasteiger partial charge in [-0.1, -0.05) is 13.8 Å². The van der Waals surface area contributed by atoms with Crippen molar-refractivity contribution in [1.82, 2.24) is 10.3 Å². The number of nitrogens with one attached hydrogen (secondary N) is 1. The Kier molecular flexibility index (Phi) is 5.33. The second-order valence-electron chi connectivity index (χ2n) is 4.22. The van der Waals surface area contributed by atoms with Gasteiger partial charge in [0.25, 0.3) is 5.91 Å². The minimum atomic E-state index is -0.143. The SMILES string of the molecule is CC(C)C(=O)CCCNC(=O)c1cccnc1.[HH]. The molecule has 0 saturated carbocycles. The zero-order valence-electron chi connectivity index (χ0n) is 10.3. The van der Waals surface area contributed by atoms with Gasteiger partial charge in [-0.3, -0.25) is 14.6 Å². The lowest BCUT2D eigenvalue weighted by Gasteiger charge is -2.05. The van der Waals surface area contributed by atoms with Crippen LogP contribution >= 0.6 is 0 Å². The molecule has 0 aliphatic heterocycles. The Labute approximate surface area is 103 Å². The molecule has 17 heavy (non-hydrogen) atoms. The van der Waals surface area contributed by atoms with Gasteiger partial charge in [-0.2, -0.15) is 0 Å². The van der Waals surface area contributed by atoms with E-state index in [1.807, 2.05) is 13.8 Å². The summed E-state index contributed by atoms with van der Waals surface area (Å²) in [6.07, 6.45) is 4.35. The molecule has 0 bridgehead atoms. The third-order valence-electron chi connectivity index (χ3n) is 2.45. The number of Topliss-reactive ketones (excluding diaryl/α,β-unsaturated/α-hetero) is 1. The maximum Gasteiger partial charge on any atom is 0.252 e. The van der Waals surface area contributed by atoms with Crippen molar-refractivity contribution in [1.29, 1.82) is 0 Å². The molecular formula is C13H20N2O2. The Morgan fingerprint density at radius 1 is 1.47 bits per heavy atom. The van der Waals surface area contributed by atoms with Gasteiger partial charge in [-0.05, 0) is 18.6 Å². The topological polar surface area (TPSA) is 59.1 Å². The fraction of sp³-hybridized carbons (Fsp3) is 0.462. The molecule has 0 aliphatic carbocycles. The Morgan fingerprint density at radius 3 is 2.82 bits per heavy atom. The van der Waals surface area contributed by atoms with Crippen molar-refractivity contribution in [3.05, 3.63) is 30.1 Å². The van der Waals surface area contributed by atoms with Crippen LogP contribution in [0.3, 0.4) is 0 Å². The summed E-state index contributed by atoms with van der Waals surface area (Å²) in [5, 5.41) is 2.76. The van der Waals surface area contributed by atoms with Gasteiger partial charge < -0.3 is 5.32 Å². The average Bonchev–Trinajstić information content (AvgIpc) is 2.35. The van der Waals surface area contributed by atoms with Gasteiger partial charge in [0.05, 0.1) is 5.56 Å². The van der Waals surface area contributed by atoms with Crippen LogP contribution in [0.1, 0.15) is 38.5 Å². The first-order valence-electron chi connectivity index (χ1n) is 5.82. The number of amides is 1. The summed E-state index contributed by atoms with van der Waals surface area (Å²) < 4.78 is 0. The zero-order chi connectivity index (χ0) is 12.7. The number of hydrogen-bond donors (Lipinski definition) is 1. The quantitative estimate of drug-likeness (QED) is 0.769. The molecule has 1 aromatic rings. The van der Waals surface area contributed by atoms with E-state index in [0.717, 1.165) is 0 Å². The van der Waals surface area contributed by atoms with Gasteiger partial charge >= 0.3 is 0 Å². The summed E-state index contributed by atoms with van der Waals surface area (Å²) in [7, 11) is 0. The highest BCUT2D eigenvalue weighted by Crippen LogP contribution is 2.01. The van der Waals surface area contributed by atoms with Gasteiger partial charge in [0.1, 0.15) is 5.78 Å². The molecule has 1 rings (SSSR count). The minimum Gasteiger partial charge on any atom is -0.352 e. The van der Waals surface area contributed by atoms with Crippen LogP contribution in [0.2, 0.25) is 0 Å². The normalized spacial score (nSPS) is 10.3. The molecule has 1 amide bonds. The second-order valence-corrected chi connectivity index (χ2v) is 4.22. The summed E-state index contributed by atoms with van der Waals surface area (Å²) in [6.45, 7) is 4.29. The maximum absolute atomic E-state index is 11.6. The Hall–Kier alpha value is -1.71. The van der Waals surface area contributed by atoms with E-state index in [1.165, 1.54) is 6.20 Å². The van der Waals surface area contributed by atoms with E-state index in [-0.39, 0.29) is 19.0 Å². The molecule has 4 nitrogen and oxygen atoms in total. The third-order valence-corrected chi connectivity index (χ3v) is 2.45. The summed E-state index contributed by atoms with van der Waals surface area (Å²) in [6, 6.07) is 3.43. The minimum absolute atomic E-state index is 0. The van der Waals surface area contributed by atoms with Gasteiger partial charge in [-0.25, -0.2) is 0 Å². The Balaban J connectivity index is 0.00000289. The smallest absolute Gasteiger partial charge is 0.252 e. The Morgan fingerprint density at radius 2 is 2.24 bits per heavy atom. The number of nitrogens with zero attached hydrogens (tertiary/aromatic N) is 1. The number of carbonyl (C=O) groups excluding carboxylic acids is 2. The average molecular weight is 236 g/mol. The van der Waals surface area contributed by atoms with E-state index in [9.17, 15) is 9.59 Å². The summed E-state index contributed by atoms with van der Waals surface area (Å²) in [5.74, 6) is 0.166. The third kappa shape index (κ3) is 4.76. The highest BCUT2D eigenvalue weighted by atomic mass is 16.1. The van der Waals surface area contributed by atoms with Crippen LogP contribution in [0, 0.1) is 5.92 Å². The lowest BCUT2D eigenvalue weighted by atomic mass is 10.0. The second kappa shape index (κ2) is 6.78. The van der Waals surface area contributed by atoms with E-state index in [0.29, 0.717) is 24.9 Å². The molecule has 0 aromatic carbocycles. The van der Waals surface area contributed by atoms with Gasteiger partial charge in [0, 0.05) is 32.7 Å². The first kappa shape index (κ1) is 13.4. The highest BCUT2D eigenvalue weighted by molar-refractivity contribution is 5.93. The van der Waals surface area contributed by atoms with E-state index >= 15 is 0 Å². The molecule has 0 fully saturated rings. The monoisotopic (exact) mass is 236 g/mol. The van der Waals surface area contributed by atoms with Gasteiger partial charge in [0.2, 0.25) is 0 Å². The number of ketones is 1. The van der Waals surface area contributed by atoms with Crippen molar-refractivity contribution < 1.29 is 11.0 Å². The molecule has 1 aromatic heterocycles. The summed E-state index contributed by atoms with van der Waals surface area (Å²) >= 11 is 0. The van der Waals surface area contributed by atoms with Gasteiger partial charge in [-0.15, -0.1) is 0 Å². The van der Waals surface area contributed by atoms with Crippen LogP contribution < -0.4 is 5.32 Å². The first-order chi connectivity index (χ1) is 8.11. The molecule has 0 unspecified atom stereocenters. The van der Waals surface area contributed by atoms with E-state index in [1.54, 1.807) is 18.3 Å². The van der Waals surface area contributed by atoms with E-state index in [2.05, 4.69) is 10.3 Å². The number of carbonyl (C=O) groups is 2. The number of hydrogen-bond acceptors (Lipinski definition) is 3. The predicted molar refractivity (Wildman–Crippen MR) is 67.8 cm³/mol. The van der Waals surface area contributed by atoms with Crippen molar-refractivity contribution in [2.24, 2.45) is 5.92 Å². The molecule has 94 valence electrons. The van der Waals surface area contributed by atoms with Crippen LogP contribution in [0.25, 0.3) is 0 Å². The van der Waals surface area contributed by atoms with Gasteiger partial charge in [0.15, 0.2) is 0 Å². The first-order valence-corrected chi connectivity index (χ1v) is 5.82. The molecule has 0 atom stereocenters. The molecule has 0 spiro atoms. The number of pyridine rings is 1. The number of aromatic nitrogens is 1. The highest BCUT2D eigenvalue weighted by Gasteiger charge is 2.07. The van der Waals surface area contributed by atoms with Crippen molar-refractivity contribution in [3.63, 3.8) is 0 Å². The fourth-order valence-electron chi connectivity index (χ4n) is 1.35. The standard InChI is InChI=1S/C13H18N2O2.H2/c1-10(2)12(16)6-4-8-15-13(17)11-5-3-7-14-9-11;/h3,5,7,9-10H,4,6,8H2,1-2H3,(H,15,17);1H. The maximum atomic E-state index is 11.6. The summed E-state index contributed by atoms with van der Waals surface area (Å²) in [4.78, 5) is 26.8. The van der Waals surface area contributed by atoms with Crippen molar-refractivity contribution in [2.75, 3.05) is 6.54 Å². The van der Waals surface area contributed by atoms with Crippen molar-refractivity contribution >= 4 is 11.7 Å². The van der Waals surface area contributed by atoms with Crippen LogP contribution in [0.15, 0.2) is 24.5 Å². The van der Waals surface area contributed by atoms with Crippen molar-refractivity contribution in [3.8, 4) is 0 Å². The molecule has 1 N–H and O–H groups in total. The molecule has 0 aliphatic rings. The Bertz CT molecular complexity index is 380. The van der Waals surface area contributed by atoms with Crippen LogP contribution in [-0.4, -0.2) is 23.2 Å². The van der Waals surface area contributed by atoms with Crippen molar-refractivity contribution in [2.45, 2.75) is 26.7 Å². The largest absolute Gasteiger partial charge is 0.352 e. The lowest BCUT2D eigenvalue weighted by Crippen LogP contribution is -2.25. The fourth-order valence-corrected chi connectivity index (χ4v) is 1.35. The van der Waals surface area contributed by atoms with Crippen LogP contribution in [-0.2, 0) is 4.79 Å². The molecule has 4 heteroatoms. The molecule has 0 radical (unpaired) electrons. The predicted octanol–water partition coefficient (Wildman–Crippen LogP) is 2.06. The number of rotatable bonds is 6. The van der Waals surface area contributed by atoms with E-state index < -0.39 is 0 Å². The summed E-state index contributed by atoms with van der Waals surface area (Å²) in [5.41, 5.74) is 0.544. The zero-order valence-corrected chi connectivity index (χ0v) is 10.3. The van der Waals surface area contributed by atoms with Crippen LogP contribution in [0.5, 0.6) is 0 Å². The molecule has 1 heterocycles.